The van der Waals surface area contributed by atoms with Gasteiger partial charge >= 0.3 is 0 Å². The zero-order valence-electron chi connectivity index (χ0n) is 15.9. The third-order valence-corrected chi connectivity index (χ3v) is 4.66. The largest absolute Gasteiger partial charge is 0.493 e. The fourth-order valence-electron chi connectivity index (χ4n) is 3.27. The Morgan fingerprint density at radius 2 is 1.63 bits per heavy atom. The molecule has 0 unspecified atom stereocenters. The van der Waals surface area contributed by atoms with Crippen molar-refractivity contribution in [1.29, 1.82) is 0 Å². The molecule has 0 atom stereocenters. The molecule has 0 saturated heterocycles. The standard InChI is InChI=1S/C21H24N2O4/c1-25-18-12-15(13-19(26-2)20(18)27-3)21(24)23-22-17-11-7-5-9-14-8-4-6-10-16(14)17/h4,6,8,10,12-13H,5,7,9,11H2,1-3H3,(H,23,24)/b22-17-. The van der Waals surface area contributed by atoms with Crippen LogP contribution in [0.25, 0.3) is 0 Å². The zero-order chi connectivity index (χ0) is 19.2. The van der Waals surface area contributed by atoms with E-state index in [1.165, 1.54) is 26.9 Å². The molecule has 2 aromatic carbocycles. The molecule has 27 heavy (non-hydrogen) atoms. The fourth-order valence-corrected chi connectivity index (χ4v) is 3.27. The van der Waals surface area contributed by atoms with Crippen LogP contribution in [-0.4, -0.2) is 32.9 Å². The number of nitrogens with zero attached hydrogens (tertiary/aromatic N) is 1. The number of amides is 1. The number of hydrazone groups is 1. The maximum Gasteiger partial charge on any atom is 0.271 e. The van der Waals surface area contributed by atoms with Gasteiger partial charge in [-0.05, 0) is 43.4 Å². The minimum absolute atomic E-state index is 0.330. The number of nitrogens with one attached hydrogen (secondary N) is 1. The summed E-state index contributed by atoms with van der Waals surface area (Å²) in [4.78, 5) is 12.7. The molecule has 142 valence electrons. The van der Waals surface area contributed by atoms with Crippen molar-refractivity contribution < 1.29 is 19.0 Å². The molecule has 2 aromatic rings. The Bertz CT molecular complexity index is 836. The molecule has 6 heteroatoms. The summed E-state index contributed by atoms with van der Waals surface area (Å²) in [6.45, 7) is 0. The number of methoxy groups -OCH3 is 3. The summed E-state index contributed by atoms with van der Waals surface area (Å²) in [6.07, 6.45) is 4.05. The van der Waals surface area contributed by atoms with E-state index >= 15 is 0 Å². The maximum atomic E-state index is 12.7. The highest BCUT2D eigenvalue weighted by atomic mass is 16.5. The third-order valence-electron chi connectivity index (χ3n) is 4.66. The average molecular weight is 368 g/mol. The van der Waals surface area contributed by atoms with Crippen LogP contribution in [0.15, 0.2) is 41.5 Å². The molecule has 0 aliphatic heterocycles. The van der Waals surface area contributed by atoms with E-state index < -0.39 is 0 Å². The summed E-state index contributed by atoms with van der Waals surface area (Å²) in [7, 11) is 4.55. The van der Waals surface area contributed by atoms with Crippen molar-refractivity contribution in [3.8, 4) is 17.2 Å². The molecule has 0 heterocycles. The molecule has 0 saturated carbocycles. The zero-order valence-corrected chi connectivity index (χ0v) is 15.9. The summed E-state index contributed by atoms with van der Waals surface area (Å²) >= 11 is 0. The Hall–Kier alpha value is -3.02. The lowest BCUT2D eigenvalue weighted by Crippen LogP contribution is -2.20. The second-order valence-electron chi connectivity index (χ2n) is 6.28. The summed E-state index contributed by atoms with van der Waals surface area (Å²) in [5, 5.41) is 4.42. The number of carbonyl (C=O) groups is 1. The summed E-state index contributed by atoms with van der Waals surface area (Å²) < 4.78 is 15.9. The van der Waals surface area contributed by atoms with Crippen LogP contribution in [0, 0.1) is 0 Å². The topological polar surface area (TPSA) is 69.2 Å². The van der Waals surface area contributed by atoms with E-state index in [2.05, 4.69) is 22.7 Å². The number of aryl methyl sites for hydroxylation is 1. The molecule has 3 rings (SSSR count). The Labute approximate surface area is 159 Å². The Kier molecular flexibility index (Phi) is 5.96. The van der Waals surface area contributed by atoms with Crippen molar-refractivity contribution in [3.63, 3.8) is 0 Å². The lowest BCUT2D eigenvalue weighted by atomic mass is 10.0. The van der Waals surface area contributed by atoms with Gasteiger partial charge in [0.05, 0.1) is 27.0 Å². The van der Waals surface area contributed by atoms with Crippen LogP contribution in [0.5, 0.6) is 17.2 Å². The van der Waals surface area contributed by atoms with E-state index in [1.807, 2.05) is 12.1 Å². The quantitative estimate of drug-likeness (QED) is 0.647. The minimum Gasteiger partial charge on any atom is -0.493 e. The number of hydrogen-bond donors (Lipinski definition) is 1. The van der Waals surface area contributed by atoms with Gasteiger partial charge in [-0.15, -0.1) is 0 Å². The van der Waals surface area contributed by atoms with Crippen LogP contribution in [0.2, 0.25) is 0 Å². The van der Waals surface area contributed by atoms with Crippen LogP contribution in [0.1, 0.15) is 40.7 Å². The van der Waals surface area contributed by atoms with Crippen LogP contribution >= 0.6 is 0 Å². The maximum absolute atomic E-state index is 12.7. The predicted molar refractivity (Wildman–Crippen MR) is 104 cm³/mol. The van der Waals surface area contributed by atoms with Gasteiger partial charge in [-0.3, -0.25) is 4.79 Å². The molecule has 0 aromatic heterocycles. The highest BCUT2D eigenvalue weighted by Crippen LogP contribution is 2.38. The average Bonchev–Trinajstić information content (AvgIpc) is 2.92. The van der Waals surface area contributed by atoms with Gasteiger partial charge in [-0.2, -0.15) is 5.10 Å². The van der Waals surface area contributed by atoms with Crippen LogP contribution < -0.4 is 19.6 Å². The summed E-state index contributed by atoms with van der Waals surface area (Å²) in [5.41, 5.74) is 6.35. The minimum atomic E-state index is -0.330. The Balaban J connectivity index is 1.87. The number of fused-ring (bicyclic) bond motifs is 1. The van der Waals surface area contributed by atoms with Gasteiger partial charge in [0.15, 0.2) is 11.5 Å². The SMILES string of the molecule is COc1cc(C(=O)N/N=C2/CCCCc3ccccc32)cc(OC)c1OC. The van der Waals surface area contributed by atoms with Crippen LogP contribution in [0.4, 0.5) is 0 Å². The lowest BCUT2D eigenvalue weighted by molar-refractivity contribution is 0.0954. The van der Waals surface area contributed by atoms with E-state index in [1.54, 1.807) is 12.1 Å². The third kappa shape index (κ3) is 4.05. The number of ether oxygens (including phenoxy) is 3. The number of carbonyl (C=O) groups excluding carboxylic acids is 1. The first-order valence-corrected chi connectivity index (χ1v) is 8.93. The van der Waals surface area contributed by atoms with E-state index in [9.17, 15) is 4.79 Å². The van der Waals surface area contributed by atoms with Crippen molar-refractivity contribution in [2.45, 2.75) is 25.7 Å². The first-order valence-electron chi connectivity index (χ1n) is 8.93. The Morgan fingerprint density at radius 1 is 0.963 bits per heavy atom. The fraction of sp³-hybridized carbons (Fsp3) is 0.333. The van der Waals surface area contributed by atoms with Crippen molar-refractivity contribution >= 4 is 11.6 Å². The number of benzene rings is 2. The van der Waals surface area contributed by atoms with E-state index in [0.29, 0.717) is 22.8 Å². The molecule has 0 bridgehead atoms. The van der Waals surface area contributed by atoms with Crippen LogP contribution in [-0.2, 0) is 6.42 Å². The van der Waals surface area contributed by atoms with Crippen molar-refractivity contribution in [2.24, 2.45) is 5.10 Å². The van der Waals surface area contributed by atoms with Gasteiger partial charge in [-0.1, -0.05) is 24.3 Å². The van der Waals surface area contributed by atoms with E-state index in [4.69, 9.17) is 14.2 Å². The molecule has 1 amide bonds. The molecule has 1 N–H and O–H groups in total. The molecule has 0 spiro atoms. The van der Waals surface area contributed by atoms with E-state index in [0.717, 1.165) is 37.0 Å². The highest BCUT2D eigenvalue weighted by molar-refractivity contribution is 6.03. The summed E-state index contributed by atoms with van der Waals surface area (Å²) in [6, 6.07) is 11.4. The second kappa shape index (κ2) is 8.58. The van der Waals surface area contributed by atoms with Gasteiger partial charge < -0.3 is 14.2 Å². The number of hydrogen-bond acceptors (Lipinski definition) is 5. The van der Waals surface area contributed by atoms with Gasteiger partial charge in [-0.25, -0.2) is 5.43 Å². The Morgan fingerprint density at radius 3 is 2.30 bits per heavy atom. The van der Waals surface area contributed by atoms with Gasteiger partial charge in [0.25, 0.3) is 5.91 Å². The van der Waals surface area contributed by atoms with Crippen molar-refractivity contribution in [2.75, 3.05) is 21.3 Å². The molecule has 1 aliphatic rings. The van der Waals surface area contributed by atoms with Crippen molar-refractivity contribution in [1.82, 2.24) is 5.43 Å². The summed E-state index contributed by atoms with van der Waals surface area (Å²) in [5.74, 6) is 0.966. The second-order valence-corrected chi connectivity index (χ2v) is 6.28. The van der Waals surface area contributed by atoms with Crippen molar-refractivity contribution in [3.05, 3.63) is 53.1 Å². The monoisotopic (exact) mass is 368 g/mol. The first-order chi connectivity index (χ1) is 13.2. The normalized spacial score (nSPS) is 14.9. The van der Waals surface area contributed by atoms with E-state index in [-0.39, 0.29) is 5.91 Å². The van der Waals surface area contributed by atoms with Crippen LogP contribution in [0.3, 0.4) is 0 Å². The van der Waals surface area contributed by atoms with Gasteiger partial charge in [0, 0.05) is 11.1 Å². The molecule has 0 radical (unpaired) electrons. The smallest absolute Gasteiger partial charge is 0.271 e. The predicted octanol–water partition coefficient (Wildman–Crippen LogP) is 3.57. The first kappa shape index (κ1) is 18.8. The number of rotatable bonds is 5. The molecule has 0 fully saturated rings. The highest BCUT2D eigenvalue weighted by Gasteiger charge is 2.18. The van der Waals surface area contributed by atoms with Gasteiger partial charge in [0.2, 0.25) is 5.75 Å². The molecular formula is C21H24N2O4. The molecule has 6 nitrogen and oxygen atoms in total. The van der Waals surface area contributed by atoms with Gasteiger partial charge in [0.1, 0.15) is 0 Å². The molecule has 1 aliphatic carbocycles. The molecular weight excluding hydrogens is 344 g/mol. The lowest BCUT2D eigenvalue weighted by Gasteiger charge is -2.13.